The van der Waals surface area contributed by atoms with Gasteiger partial charge in [-0.05, 0) is 56.0 Å². The van der Waals surface area contributed by atoms with Crippen LogP contribution >= 0.6 is 11.3 Å². The van der Waals surface area contributed by atoms with Crippen LogP contribution in [0.25, 0.3) is 0 Å². The third-order valence-corrected chi connectivity index (χ3v) is 6.89. The van der Waals surface area contributed by atoms with E-state index in [-0.39, 0.29) is 24.3 Å². The molecule has 1 fully saturated rings. The van der Waals surface area contributed by atoms with Crippen molar-refractivity contribution in [3.63, 3.8) is 0 Å². The van der Waals surface area contributed by atoms with E-state index < -0.39 is 18.9 Å². The molecule has 1 aromatic heterocycles. The van der Waals surface area contributed by atoms with Crippen molar-refractivity contribution in [3.05, 3.63) is 46.3 Å². The first-order valence-electron chi connectivity index (χ1n) is 10.6. The molecule has 1 amide bonds. The van der Waals surface area contributed by atoms with Gasteiger partial charge in [0.1, 0.15) is 16.8 Å². The first-order chi connectivity index (χ1) is 15.4. The predicted octanol–water partition coefficient (Wildman–Crippen LogP) is 4.11. The molecule has 7 nitrogen and oxygen atoms in total. The molecule has 0 aliphatic carbocycles. The molecule has 0 saturated carbocycles. The average molecular weight is 463 g/mol. The number of thiophene rings is 1. The molecule has 2 aromatic rings. The van der Waals surface area contributed by atoms with Crippen LogP contribution in [-0.4, -0.2) is 53.2 Å². The Morgan fingerprint density at radius 3 is 2.53 bits per heavy atom. The molecule has 1 aliphatic rings. The summed E-state index contributed by atoms with van der Waals surface area (Å²) < 4.78 is 17.1. The number of benzene rings is 1. The highest BCUT2D eigenvalue weighted by atomic mass is 32.1. The van der Waals surface area contributed by atoms with Crippen molar-refractivity contribution in [2.75, 3.05) is 18.7 Å². The van der Waals surface area contributed by atoms with Crippen molar-refractivity contribution < 1.29 is 28.6 Å². The number of likely N-dealkylation sites (tertiary alicyclic amines) is 1. The standard InChI is InChI=1S/C23H27FN2O5S/c1-3-15-7-10-19(23(29)30)26(15)12-20(27)25-22-18(11-17(4-2)32-22)21(28)14-5-8-16(9-6-14)31-13-24/h5-6,8-9,11,15,19H,3-4,7,10,12-13H2,1-2H3,(H,25,27)(H,29,30)/t15-,19+/m0/s1. The van der Waals surface area contributed by atoms with Gasteiger partial charge in [-0.1, -0.05) is 13.8 Å². The van der Waals surface area contributed by atoms with Gasteiger partial charge in [-0.15, -0.1) is 11.3 Å². The summed E-state index contributed by atoms with van der Waals surface area (Å²) in [7, 11) is 0. The quantitative estimate of drug-likeness (QED) is 0.516. The fourth-order valence-electron chi connectivity index (χ4n) is 4.01. The fourth-order valence-corrected chi connectivity index (χ4v) is 5.02. The number of nitrogens with zero attached hydrogens (tertiary/aromatic N) is 1. The van der Waals surface area contributed by atoms with Crippen LogP contribution in [0.4, 0.5) is 9.39 Å². The normalized spacial score (nSPS) is 18.5. The van der Waals surface area contributed by atoms with Gasteiger partial charge >= 0.3 is 5.97 Å². The zero-order chi connectivity index (χ0) is 23.3. The Bertz CT molecular complexity index is 975. The summed E-state index contributed by atoms with van der Waals surface area (Å²) in [6.07, 6.45) is 2.73. The third kappa shape index (κ3) is 5.34. The summed E-state index contributed by atoms with van der Waals surface area (Å²) in [5.41, 5.74) is 0.770. The zero-order valence-electron chi connectivity index (χ0n) is 18.1. The molecule has 2 heterocycles. The van der Waals surface area contributed by atoms with E-state index in [4.69, 9.17) is 4.74 Å². The number of nitrogens with one attached hydrogen (secondary N) is 1. The van der Waals surface area contributed by atoms with Crippen LogP contribution in [0.3, 0.4) is 0 Å². The molecule has 1 aromatic carbocycles. The van der Waals surface area contributed by atoms with Crippen molar-refractivity contribution in [3.8, 4) is 5.75 Å². The molecule has 2 N–H and O–H groups in total. The topological polar surface area (TPSA) is 95.9 Å². The van der Waals surface area contributed by atoms with Crippen LogP contribution in [-0.2, 0) is 16.0 Å². The molecule has 32 heavy (non-hydrogen) atoms. The number of ether oxygens (including phenoxy) is 1. The zero-order valence-corrected chi connectivity index (χ0v) is 18.9. The Labute approximate surface area is 190 Å². The maximum Gasteiger partial charge on any atom is 0.320 e. The Kier molecular flexibility index (Phi) is 7.98. The summed E-state index contributed by atoms with van der Waals surface area (Å²) >= 11 is 1.33. The smallest absolute Gasteiger partial charge is 0.320 e. The lowest BCUT2D eigenvalue weighted by molar-refractivity contribution is -0.143. The maximum atomic E-state index is 13.1. The minimum atomic E-state index is -0.952. The number of hydrogen-bond acceptors (Lipinski definition) is 6. The van der Waals surface area contributed by atoms with Gasteiger partial charge in [0.25, 0.3) is 0 Å². The fraction of sp³-hybridized carbons (Fsp3) is 0.435. The second-order valence-corrected chi connectivity index (χ2v) is 8.77. The highest BCUT2D eigenvalue weighted by Gasteiger charge is 2.38. The number of hydrogen-bond donors (Lipinski definition) is 2. The molecule has 0 spiro atoms. The van der Waals surface area contributed by atoms with Crippen LogP contribution in [0.2, 0.25) is 0 Å². The van der Waals surface area contributed by atoms with E-state index >= 15 is 0 Å². The SMILES string of the molecule is CCc1cc(C(=O)c2ccc(OCF)cc2)c(NC(=O)CN2[C@@H](CC)CC[C@@H]2C(=O)O)s1. The van der Waals surface area contributed by atoms with Gasteiger partial charge in [0.05, 0.1) is 12.1 Å². The predicted molar refractivity (Wildman–Crippen MR) is 120 cm³/mol. The first-order valence-corrected chi connectivity index (χ1v) is 11.4. The Balaban J connectivity index is 1.78. The van der Waals surface area contributed by atoms with Gasteiger partial charge in [0, 0.05) is 16.5 Å². The van der Waals surface area contributed by atoms with E-state index in [1.165, 1.54) is 23.5 Å². The largest absolute Gasteiger partial charge is 0.480 e. The van der Waals surface area contributed by atoms with E-state index in [0.717, 1.165) is 17.7 Å². The number of amides is 1. The molecule has 2 atom stereocenters. The van der Waals surface area contributed by atoms with E-state index in [1.54, 1.807) is 23.1 Å². The van der Waals surface area contributed by atoms with Crippen LogP contribution in [0.1, 0.15) is 53.9 Å². The maximum absolute atomic E-state index is 13.1. The summed E-state index contributed by atoms with van der Waals surface area (Å²) in [5, 5.41) is 12.8. The van der Waals surface area contributed by atoms with E-state index in [0.29, 0.717) is 34.7 Å². The van der Waals surface area contributed by atoms with Crippen LogP contribution in [0.15, 0.2) is 30.3 Å². The van der Waals surface area contributed by atoms with Crippen molar-refractivity contribution >= 4 is 34.0 Å². The molecule has 0 bridgehead atoms. The molecule has 1 saturated heterocycles. The number of ketones is 1. The van der Waals surface area contributed by atoms with Gasteiger partial charge in [-0.25, -0.2) is 4.39 Å². The number of anilines is 1. The lowest BCUT2D eigenvalue weighted by Gasteiger charge is -2.26. The van der Waals surface area contributed by atoms with Crippen molar-refractivity contribution in [1.82, 2.24) is 4.90 Å². The monoisotopic (exact) mass is 462 g/mol. The van der Waals surface area contributed by atoms with Gasteiger partial charge in [-0.3, -0.25) is 19.3 Å². The summed E-state index contributed by atoms with van der Waals surface area (Å²) in [6.45, 7) is 2.94. The average Bonchev–Trinajstić information content (AvgIpc) is 3.37. The van der Waals surface area contributed by atoms with E-state index in [9.17, 15) is 23.9 Å². The van der Waals surface area contributed by atoms with Gasteiger partial charge in [0.15, 0.2) is 5.78 Å². The number of carboxylic acids is 1. The number of aryl methyl sites for hydroxylation is 1. The summed E-state index contributed by atoms with van der Waals surface area (Å²) in [6, 6.07) is 7.27. The Hall–Kier alpha value is -2.78. The number of rotatable bonds is 10. The van der Waals surface area contributed by atoms with E-state index in [2.05, 4.69) is 5.32 Å². The molecule has 172 valence electrons. The van der Waals surface area contributed by atoms with Gasteiger partial charge < -0.3 is 15.2 Å². The van der Waals surface area contributed by atoms with E-state index in [1.807, 2.05) is 13.8 Å². The number of carbonyl (C=O) groups excluding carboxylic acids is 2. The number of carbonyl (C=O) groups is 3. The third-order valence-electron chi connectivity index (χ3n) is 5.69. The van der Waals surface area contributed by atoms with Gasteiger partial charge in [-0.2, -0.15) is 0 Å². The Morgan fingerprint density at radius 2 is 1.94 bits per heavy atom. The Morgan fingerprint density at radius 1 is 1.22 bits per heavy atom. The second-order valence-electron chi connectivity index (χ2n) is 7.63. The number of alkyl halides is 1. The van der Waals surface area contributed by atoms with Crippen molar-refractivity contribution in [2.24, 2.45) is 0 Å². The number of carboxylic acid groups (broad SMARTS) is 1. The first kappa shape index (κ1) is 23.9. The lowest BCUT2D eigenvalue weighted by atomic mass is 10.0. The molecule has 1 aliphatic heterocycles. The number of halogens is 1. The van der Waals surface area contributed by atoms with Crippen LogP contribution < -0.4 is 10.1 Å². The van der Waals surface area contributed by atoms with Crippen molar-refractivity contribution in [2.45, 2.75) is 51.6 Å². The molecular formula is C23H27FN2O5S. The molecule has 0 radical (unpaired) electrons. The number of aliphatic carboxylic acids is 1. The highest BCUT2D eigenvalue weighted by Crippen LogP contribution is 2.32. The summed E-state index contributed by atoms with van der Waals surface area (Å²) in [5.74, 6) is -1.21. The lowest BCUT2D eigenvalue weighted by Crippen LogP contribution is -2.44. The summed E-state index contributed by atoms with van der Waals surface area (Å²) in [4.78, 5) is 40.2. The second kappa shape index (κ2) is 10.7. The minimum absolute atomic E-state index is 0.0439. The molecule has 3 rings (SSSR count). The highest BCUT2D eigenvalue weighted by molar-refractivity contribution is 7.16. The molecular weight excluding hydrogens is 435 g/mol. The molecule has 9 heteroatoms. The van der Waals surface area contributed by atoms with Crippen LogP contribution in [0, 0.1) is 0 Å². The van der Waals surface area contributed by atoms with Crippen LogP contribution in [0.5, 0.6) is 5.75 Å². The molecule has 0 unspecified atom stereocenters. The van der Waals surface area contributed by atoms with Gasteiger partial charge in [0.2, 0.25) is 12.8 Å². The minimum Gasteiger partial charge on any atom is -0.480 e. The van der Waals surface area contributed by atoms with Crippen molar-refractivity contribution in [1.29, 1.82) is 0 Å².